The molecule has 94 valence electrons. The van der Waals surface area contributed by atoms with Crippen LogP contribution in [0.1, 0.15) is 26.7 Å². The van der Waals surface area contributed by atoms with Crippen LogP contribution in [0.2, 0.25) is 0 Å². The third kappa shape index (κ3) is 3.72. The number of hydrogen-bond acceptors (Lipinski definition) is 3. The Labute approximate surface area is 100 Å². The van der Waals surface area contributed by atoms with E-state index in [0.29, 0.717) is 0 Å². The first kappa shape index (κ1) is 12.3. The quantitative estimate of drug-likeness (QED) is 0.770. The van der Waals surface area contributed by atoms with Crippen molar-refractivity contribution in [2.45, 2.75) is 32.7 Å². The molecule has 16 heavy (non-hydrogen) atoms. The molecular weight excluding hydrogens is 198 g/mol. The molecule has 3 nitrogen and oxygen atoms in total. The number of hydrogen-bond donors (Lipinski definition) is 1. The van der Waals surface area contributed by atoms with E-state index in [9.17, 15) is 0 Å². The van der Waals surface area contributed by atoms with Gasteiger partial charge >= 0.3 is 0 Å². The molecule has 2 fully saturated rings. The first-order valence-corrected chi connectivity index (χ1v) is 6.92. The molecule has 1 N–H and O–H groups in total. The van der Waals surface area contributed by atoms with Crippen LogP contribution < -0.4 is 5.32 Å². The molecule has 0 bridgehead atoms. The average Bonchev–Trinajstić information content (AvgIpc) is 2.73. The zero-order valence-electron chi connectivity index (χ0n) is 10.9. The Kier molecular flexibility index (Phi) is 4.62. The Balaban J connectivity index is 1.64. The summed E-state index contributed by atoms with van der Waals surface area (Å²) >= 11 is 0. The van der Waals surface area contributed by atoms with Crippen LogP contribution in [0.25, 0.3) is 0 Å². The van der Waals surface area contributed by atoms with Crippen LogP contribution in [-0.4, -0.2) is 61.7 Å². The third-order valence-corrected chi connectivity index (χ3v) is 3.73. The lowest BCUT2D eigenvalue weighted by Gasteiger charge is -2.36. The fourth-order valence-electron chi connectivity index (χ4n) is 2.90. The first-order valence-electron chi connectivity index (χ1n) is 6.92. The molecule has 2 aliphatic heterocycles. The Morgan fingerprint density at radius 1 is 1.12 bits per heavy atom. The smallest absolute Gasteiger partial charge is 0.0195 e. The highest BCUT2D eigenvalue weighted by atomic mass is 15.3. The van der Waals surface area contributed by atoms with Gasteiger partial charge in [0.15, 0.2) is 0 Å². The number of nitrogens with one attached hydrogen (secondary N) is 1. The summed E-state index contributed by atoms with van der Waals surface area (Å²) in [6.45, 7) is 13.5. The van der Waals surface area contributed by atoms with Gasteiger partial charge in [-0.2, -0.15) is 0 Å². The summed E-state index contributed by atoms with van der Waals surface area (Å²) in [6.07, 6.45) is 2.75. The van der Waals surface area contributed by atoms with E-state index in [0.717, 1.165) is 12.0 Å². The summed E-state index contributed by atoms with van der Waals surface area (Å²) < 4.78 is 0. The van der Waals surface area contributed by atoms with Crippen molar-refractivity contribution in [3.05, 3.63) is 0 Å². The Hall–Kier alpha value is -0.120. The monoisotopic (exact) mass is 225 g/mol. The molecule has 2 heterocycles. The highest BCUT2D eigenvalue weighted by Gasteiger charge is 2.21. The van der Waals surface area contributed by atoms with E-state index in [2.05, 4.69) is 29.0 Å². The minimum absolute atomic E-state index is 0.775. The van der Waals surface area contributed by atoms with Gasteiger partial charge in [0.25, 0.3) is 0 Å². The second-order valence-electron chi connectivity index (χ2n) is 5.79. The lowest BCUT2D eigenvalue weighted by molar-refractivity contribution is 0.116. The van der Waals surface area contributed by atoms with E-state index in [1.807, 2.05) is 0 Å². The summed E-state index contributed by atoms with van der Waals surface area (Å²) in [4.78, 5) is 5.25. The van der Waals surface area contributed by atoms with Gasteiger partial charge in [-0.3, -0.25) is 4.90 Å². The summed E-state index contributed by atoms with van der Waals surface area (Å²) in [5.41, 5.74) is 0. The van der Waals surface area contributed by atoms with Crippen molar-refractivity contribution in [1.29, 1.82) is 0 Å². The second-order valence-corrected chi connectivity index (χ2v) is 5.79. The van der Waals surface area contributed by atoms with Crippen LogP contribution >= 0.6 is 0 Å². The molecule has 1 unspecified atom stereocenters. The highest BCUT2D eigenvalue weighted by molar-refractivity contribution is 4.81. The average molecular weight is 225 g/mol. The van der Waals surface area contributed by atoms with Gasteiger partial charge in [-0.25, -0.2) is 0 Å². The fourth-order valence-corrected chi connectivity index (χ4v) is 2.90. The molecular formula is C13H27N3. The van der Waals surface area contributed by atoms with Gasteiger partial charge in [0.2, 0.25) is 0 Å². The molecule has 0 radical (unpaired) electrons. The molecule has 0 amide bonds. The largest absolute Gasteiger partial charge is 0.313 e. The molecule has 1 atom stereocenters. The summed E-state index contributed by atoms with van der Waals surface area (Å²) in [5, 5.41) is 3.59. The maximum Gasteiger partial charge on any atom is 0.0195 e. The van der Waals surface area contributed by atoms with E-state index in [4.69, 9.17) is 0 Å². The topological polar surface area (TPSA) is 18.5 Å². The van der Waals surface area contributed by atoms with Crippen LogP contribution in [0.5, 0.6) is 0 Å². The van der Waals surface area contributed by atoms with Crippen molar-refractivity contribution in [1.82, 2.24) is 15.1 Å². The van der Waals surface area contributed by atoms with E-state index in [1.54, 1.807) is 0 Å². The Morgan fingerprint density at radius 2 is 1.81 bits per heavy atom. The van der Waals surface area contributed by atoms with Gasteiger partial charge in [0, 0.05) is 45.3 Å². The molecule has 0 aliphatic carbocycles. The zero-order chi connectivity index (χ0) is 11.4. The van der Waals surface area contributed by atoms with Crippen molar-refractivity contribution in [3.63, 3.8) is 0 Å². The van der Waals surface area contributed by atoms with E-state index < -0.39 is 0 Å². The SMILES string of the molecule is CC(C)CN1CCN(CC2CCCN2)CC1. The van der Waals surface area contributed by atoms with Crippen LogP contribution in [0, 0.1) is 5.92 Å². The van der Waals surface area contributed by atoms with Crippen LogP contribution in [0.3, 0.4) is 0 Å². The molecule has 0 aromatic carbocycles. The lowest BCUT2D eigenvalue weighted by atomic mass is 10.1. The van der Waals surface area contributed by atoms with Crippen molar-refractivity contribution in [2.24, 2.45) is 5.92 Å². The van der Waals surface area contributed by atoms with Crippen molar-refractivity contribution in [3.8, 4) is 0 Å². The minimum Gasteiger partial charge on any atom is -0.313 e. The molecule has 2 rings (SSSR count). The molecule has 0 spiro atoms. The summed E-state index contributed by atoms with van der Waals surface area (Å²) in [7, 11) is 0. The molecule has 0 saturated carbocycles. The normalized spacial score (nSPS) is 29.1. The number of rotatable bonds is 4. The fraction of sp³-hybridized carbons (Fsp3) is 1.00. The molecule has 3 heteroatoms. The maximum atomic E-state index is 3.59. The van der Waals surface area contributed by atoms with Crippen molar-refractivity contribution >= 4 is 0 Å². The summed E-state index contributed by atoms with van der Waals surface area (Å²) in [5.74, 6) is 0.808. The second kappa shape index (κ2) is 5.99. The molecule has 0 aromatic rings. The minimum atomic E-state index is 0.775. The van der Waals surface area contributed by atoms with Gasteiger partial charge in [0.05, 0.1) is 0 Å². The molecule has 2 saturated heterocycles. The van der Waals surface area contributed by atoms with Crippen LogP contribution in [-0.2, 0) is 0 Å². The zero-order valence-corrected chi connectivity index (χ0v) is 10.9. The van der Waals surface area contributed by atoms with Gasteiger partial charge in [-0.05, 0) is 25.3 Å². The predicted molar refractivity (Wildman–Crippen MR) is 68.7 cm³/mol. The predicted octanol–water partition coefficient (Wildman–Crippen LogP) is 1.01. The van der Waals surface area contributed by atoms with E-state index >= 15 is 0 Å². The van der Waals surface area contributed by atoms with Crippen LogP contribution in [0.15, 0.2) is 0 Å². The summed E-state index contributed by atoms with van der Waals surface area (Å²) in [6, 6.07) is 0.775. The molecule has 2 aliphatic rings. The lowest BCUT2D eigenvalue weighted by Crippen LogP contribution is -2.50. The van der Waals surface area contributed by atoms with Gasteiger partial charge in [-0.15, -0.1) is 0 Å². The molecule has 0 aromatic heterocycles. The van der Waals surface area contributed by atoms with Crippen LogP contribution in [0.4, 0.5) is 0 Å². The number of piperazine rings is 1. The van der Waals surface area contributed by atoms with Crippen molar-refractivity contribution < 1.29 is 0 Å². The highest BCUT2D eigenvalue weighted by Crippen LogP contribution is 2.10. The third-order valence-electron chi connectivity index (χ3n) is 3.73. The maximum absolute atomic E-state index is 3.59. The van der Waals surface area contributed by atoms with Crippen molar-refractivity contribution in [2.75, 3.05) is 45.8 Å². The Bertz CT molecular complexity index is 191. The van der Waals surface area contributed by atoms with Gasteiger partial charge < -0.3 is 10.2 Å². The number of nitrogens with zero attached hydrogens (tertiary/aromatic N) is 2. The standard InChI is InChI=1S/C13H27N3/c1-12(2)10-15-6-8-16(9-7-15)11-13-4-3-5-14-13/h12-14H,3-11H2,1-2H3. The first-order chi connectivity index (χ1) is 7.74. The van der Waals surface area contributed by atoms with Gasteiger partial charge in [-0.1, -0.05) is 13.8 Å². The van der Waals surface area contributed by atoms with Gasteiger partial charge in [0.1, 0.15) is 0 Å². The van der Waals surface area contributed by atoms with E-state index in [1.165, 1.54) is 58.7 Å². The van der Waals surface area contributed by atoms with E-state index in [-0.39, 0.29) is 0 Å². The Morgan fingerprint density at radius 3 is 2.38 bits per heavy atom.